The molecule has 0 saturated heterocycles. The SMILES string of the molecule is CNC(c1ccc(C)cc1)C(NC)c1ccc(C)cc1. The van der Waals surface area contributed by atoms with Crippen LogP contribution in [0.1, 0.15) is 34.3 Å². The van der Waals surface area contributed by atoms with Crippen LogP contribution in [0.4, 0.5) is 0 Å². The van der Waals surface area contributed by atoms with Gasteiger partial charge in [0, 0.05) is 0 Å². The Morgan fingerprint density at radius 3 is 1.15 bits per heavy atom. The van der Waals surface area contributed by atoms with Crippen molar-refractivity contribution in [1.29, 1.82) is 0 Å². The summed E-state index contributed by atoms with van der Waals surface area (Å²) < 4.78 is 0. The first-order valence-corrected chi connectivity index (χ1v) is 7.13. The predicted octanol–water partition coefficient (Wildman–Crippen LogP) is 3.52. The van der Waals surface area contributed by atoms with Crippen LogP contribution >= 0.6 is 0 Å². The lowest BCUT2D eigenvalue weighted by Crippen LogP contribution is -2.31. The Balaban J connectivity index is 2.32. The fourth-order valence-electron chi connectivity index (χ4n) is 2.60. The highest BCUT2D eigenvalue weighted by molar-refractivity contribution is 5.31. The summed E-state index contributed by atoms with van der Waals surface area (Å²) in [5, 5.41) is 6.88. The highest BCUT2D eigenvalue weighted by atomic mass is 15.0. The van der Waals surface area contributed by atoms with Gasteiger partial charge in [0.05, 0.1) is 12.1 Å². The van der Waals surface area contributed by atoms with Crippen LogP contribution in [0.15, 0.2) is 48.5 Å². The fourth-order valence-corrected chi connectivity index (χ4v) is 2.60. The molecule has 2 aromatic rings. The van der Waals surface area contributed by atoms with Crippen molar-refractivity contribution in [2.24, 2.45) is 0 Å². The first-order chi connectivity index (χ1) is 9.65. The van der Waals surface area contributed by atoms with Gasteiger partial charge in [0.25, 0.3) is 0 Å². The van der Waals surface area contributed by atoms with Crippen LogP contribution in [-0.4, -0.2) is 14.1 Å². The van der Waals surface area contributed by atoms with E-state index in [0.717, 1.165) is 0 Å². The molecule has 0 saturated carbocycles. The lowest BCUT2D eigenvalue weighted by molar-refractivity contribution is 0.432. The third-order valence-corrected chi connectivity index (χ3v) is 3.83. The molecule has 2 rings (SSSR count). The van der Waals surface area contributed by atoms with Gasteiger partial charge in [-0.05, 0) is 39.1 Å². The Bertz CT molecular complexity index is 477. The zero-order chi connectivity index (χ0) is 14.5. The lowest BCUT2D eigenvalue weighted by Gasteiger charge is -2.27. The summed E-state index contributed by atoms with van der Waals surface area (Å²) >= 11 is 0. The quantitative estimate of drug-likeness (QED) is 0.867. The summed E-state index contributed by atoms with van der Waals surface area (Å²) in [7, 11) is 4.03. The van der Waals surface area contributed by atoms with E-state index in [2.05, 4.69) is 73.0 Å². The van der Waals surface area contributed by atoms with Gasteiger partial charge >= 0.3 is 0 Å². The molecule has 0 aliphatic heterocycles. The summed E-state index contributed by atoms with van der Waals surface area (Å²) in [5.74, 6) is 0. The number of hydrogen-bond acceptors (Lipinski definition) is 2. The fraction of sp³-hybridized carbons (Fsp3) is 0.333. The van der Waals surface area contributed by atoms with Gasteiger partial charge in [0.1, 0.15) is 0 Å². The van der Waals surface area contributed by atoms with E-state index in [1.54, 1.807) is 0 Å². The molecular weight excluding hydrogens is 244 g/mol. The van der Waals surface area contributed by atoms with Crippen LogP contribution in [0.5, 0.6) is 0 Å². The van der Waals surface area contributed by atoms with Gasteiger partial charge in [-0.2, -0.15) is 0 Å². The average Bonchev–Trinajstić information content (AvgIpc) is 2.47. The van der Waals surface area contributed by atoms with Crippen molar-refractivity contribution in [2.45, 2.75) is 25.9 Å². The molecule has 20 heavy (non-hydrogen) atoms. The highest BCUT2D eigenvalue weighted by Crippen LogP contribution is 2.28. The van der Waals surface area contributed by atoms with Gasteiger partial charge in [-0.25, -0.2) is 0 Å². The van der Waals surface area contributed by atoms with E-state index < -0.39 is 0 Å². The van der Waals surface area contributed by atoms with Gasteiger partial charge in [0.15, 0.2) is 0 Å². The third-order valence-electron chi connectivity index (χ3n) is 3.83. The van der Waals surface area contributed by atoms with Crippen molar-refractivity contribution in [3.8, 4) is 0 Å². The second-order valence-electron chi connectivity index (χ2n) is 5.35. The maximum absolute atomic E-state index is 3.44. The Labute approximate surface area is 122 Å². The summed E-state index contributed by atoms with van der Waals surface area (Å²) in [6, 6.07) is 18.0. The molecule has 2 N–H and O–H groups in total. The van der Waals surface area contributed by atoms with Crippen molar-refractivity contribution >= 4 is 0 Å². The minimum atomic E-state index is 0.253. The topological polar surface area (TPSA) is 24.1 Å². The van der Waals surface area contributed by atoms with Crippen molar-refractivity contribution in [2.75, 3.05) is 14.1 Å². The van der Waals surface area contributed by atoms with Crippen LogP contribution in [0.25, 0.3) is 0 Å². The summed E-state index contributed by atoms with van der Waals surface area (Å²) in [6.45, 7) is 4.24. The second kappa shape index (κ2) is 6.69. The van der Waals surface area contributed by atoms with Gasteiger partial charge in [0.2, 0.25) is 0 Å². The molecule has 2 nitrogen and oxygen atoms in total. The summed E-state index contributed by atoms with van der Waals surface area (Å²) in [5.41, 5.74) is 5.19. The molecule has 0 spiro atoms. The molecule has 2 aromatic carbocycles. The molecule has 0 amide bonds. The molecule has 0 fully saturated rings. The molecule has 0 heterocycles. The smallest absolute Gasteiger partial charge is 0.0515 e. The van der Waals surface area contributed by atoms with Crippen molar-refractivity contribution in [3.05, 3.63) is 70.8 Å². The molecule has 106 valence electrons. The van der Waals surface area contributed by atoms with Gasteiger partial charge in [-0.1, -0.05) is 59.7 Å². The normalized spacial score (nSPS) is 14.0. The monoisotopic (exact) mass is 268 g/mol. The van der Waals surface area contributed by atoms with Crippen LogP contribution in [0.2, 0.25) is 0 Å². The molecule has 0 bridgehead atoms. The first kappa shape index (κ1) is 14.8. The average molecular weight is 268 g/mol. The standard InChI is InChI=1S/C18H24N2/c1-13-5-9-15(10-6-13)17(19-3)18(20-4)16-11-7-14(2)8-12-16/h5-12,17-20H,1-4H3. The van der Waals surface area contributed by atoms with E-state index in [9.17, 15) is 0 Å². The van der Waals surface area contributed by atoms with E-state index in [0.29, 0.717) is 0 Å². The Morgan fingerprint density at radius 1 is 0.600 bits per heavy atom. The van der Waals surface area contributed by atoms with Crippen LogP contribution in [-0.2, 0) is 0 Å². The summed E-state index contributed by atoms with van der Waals surface area (Å²) in [4.78, 5) is 0. The van der Waals surface area contributed by atoms with Crippen molar-refractivity contribution < 1.29 is 0 Å². The molecule has 0 aliphatic rings. The molecule has 0 radical (unpaired) electrons. The molecule has 2 heteroatoms. The summed E-state index contributed by atoms with van der Waals surface area (Å²) in [6.07, 6.45) is 0. The van der Waals surface area contributed by atoms with Crippen molar-refractivity contribution in [1.82, 2.24) is 10.6 Å². The number of rotatable bonds is 5. The number of aryl methyl sites for hydroxylation is 2. The van der Waals surface area contributed by atoms with Crippen LogP contribution in [0.3, 0.4) is 0 Å². The Morgan fingerprint density at radius 2 is 0.900 bits per heavy atom. The number of hydrogen-bond donors (Lipinski definition) is 2. The Kier molecular flexibility index (Phi) is 4.94. The van der Waals surface area contributed by atoms with E-state index in [1.165, 1.54) is 22.3 Å². The first-order valence-electron chi connectivity index (χ1n) is 7.13. The minimum absolute atomic E-state index is 0.253. The molecule has 2 unspecified atom stereocenters. The number of benzene rings is 2. The zero-order valence-corrected chi connectivity index (χ0v) is 12.8. The Hall–Kier alpha value is -1.64. The van der Waals surface area contributed by atoms with Crippen molar-refractivity contribution in [3.63, 3.8) is 0 Å². The van der Waals surface area contributed by atoms with Gasteiger partial charge < -0.3 is 10.6 Å². The van der Waals surface area contributed by atoms with Gasteiger partial charge in [-0.15, -0.1) is 0 Å². The molecular formula is C18H24N2. The third kappa shape index (κ3) is 3.27. The zero-order valence-electron chi connectivity index (χ0n) is 12.8. The predicted molar refractivity (Wildman–Crippen MR) is 86.0 cm³/mol. The maximum Gasteiger partial charge on any atom is 0.0515 e. The van der Waals surface area contributed by atoms with E-state index >= 15 is 0 Å². The van der Waals surface area contributed by atoms with Gasteiger partial charge in [-0.3, -0.25) is 0 Å². The lowest BCUT2D eigenvalue weighted by atomic mass is 9.92. The van der Waals surface area contributed by atoms with Crippen LogP contribution < -0.4 is 10.6 Å². The number of likely N-dealkylation sites (N-methyl/N-ethyl adjacent to an activating group) is 2. The van der Waals surface area contributed by atoms with E-state index in [1.807, 2.05) is 14.1 Å². The largest absolute Gasteiger partial charge is 0.311 e. The van der Waals surface area contributed by atoms with E-state index in [-0.39, 0.29) is 12.1 Å². The van der Waals surface area contributed by atoms with Crippen LogP contribution in [0, 0.1) is 13.8 Å². The van der Waals surface area contributed by atoms with E-state index in [4.69, 9.17) is 0 Å². The molecule has 2 atom stereocenters. The second-order valence-corrected chi connectivity index (χ2v) is 5.35. The minimum Gasteiger partial charge on any atom is -0.311 e. The maximum atomic E-state index is 3.44. The number of nitrogens with one attached hydrogen (secondary N) is 2. The molecule has 0 aliphatic carbocycles. The molecule has 0 aromatic heterocycles. The highest BCUT2D eigenvalue weighted by Gasteiger charge is 2.21.